The number of hydrogen-bond donors (Lipinski definition) is 0. The van der Waals surface area contributed by atoms with Crippen molar-refractivity contribution in [2.45, 2.75) is 0 Å². The summed E-state index contributed by atoms with van der Waals surface area (Å²) in [5, 5.41) is 4.41. The fraction of sp³-hybridized carbons (Fsp3) is 0. The van der Waals surface area contributed by atoms with Gasteiger partial charge in [-0.05, 0) is 29.8 Å². The third kappa shape index (κ3) is 4.43. The predicted octanol–water partition coefficient (Wildman–Crippen LogP) is 10.5. The molecule has 4 aromatic heterocycles. The van der Waals surface area contributed by atoms with E-state index < -0.39 is 0 Å². The van der Waals surface area contributed by atoms with Crippen molar-refractivity contribution in [1.82, 2.24) is 29.1 Å². The van der Waals surface area contributed by atoms with Gasteiger partial charge in [-0.1, -0.05) is 140 Å². The molecule has 4 heterocycles. The van der Waals surface area contributed by atoms with E-state index in [9.17, 15) is 0 Å². The summed E-state index contributed by atoms with van der Waals surface area (Å²) in [7, 11) is 0. The maximum atomic E-state index is 5.20. The normalized spacial score (nSPS) is 11.6. The molecule has 0 spiro atoms. The van der Waals surface area contributed by atoms with Crippen molar-refractivity contribution >= 4 is 43.7 Å². The van der Waals surface area contributed by atoms with E-state index in [1.807, 2.05) is 79.0 Å². The lowest BCUT2D eigenvalue weighted by Crippen LogP contribution is -2.07. The summed E-state index contributed by atoms with van der Waals surface area (Å²) in [6, 6.07) is 56.4. The topological polar surface area (TPSA) is 61.4 Å². The first-order chi connectivity index (χ1) is 24.8. The van der Waals surface area contributed by atoms with Gasteiger partial charge in [-0.2, -0.15) is 9.97 Å². The second-order valence-electron chi connectivity index (χ2n) is 12.4. The first-order valence-corrected chi connectivity index (χ1v) is 16.7. The number of rotatable bonds is 5. The Morgan fingerprint density at radius 1 is 0.380 bits per heavy atom. The molecule has 50 heavy (non-hydrogen) atoms. The molecule has 6 nitrogen and oxygen atoms in total. The van der Waals surface area contributed by atoms with Crippen LogP contribution in [0.1, 0.15) is 0 Å². The minimum Gasteiger partial charge on any atom is -0.292 e. The van der Waals surface area contributed by atoms with E-state index in [-0.39, 0.29) is 0 Å². The maximum absolute atomic E-state index is 5.20. The fourth-order valence-corrected chi connectivity index (χ4v) is 7.15. The van der Waals surface area contributed by atoms with Crippen LogP contribution >= 0.6 is 0 Å². The standard InChI is InChI=1S/C44H28N6/c1-5-15-29(16-6-1)32-27-37-36-26-25-35-34-23-13-14-24-38(34)50(40(35)39(36)49(43(37)45-28-32)33-21-11-4-12-22-33)44-47-41(30-17-7-2-8-18-30)46-42(48-44)31-19-9-3-10-20-31/h1-28H. The molecule has 6 aromatic carbocycles. The Bertz CT molecular complexity index is 2780. The molecule has 0 aliphatic heterocycles. The van der Waals surface area contributed by atoms with E-state index >= 15 is 0 Å². The van der Waals surface area contributed by atoms with Crippen molar-refractivity contribution in [2.24, 2.45) is 0 Å². The van der Waals surface area contributed by atoms with Gasteiger partial charge in [-0.25, -0.2) is 9.97 Å². The van der Waals surface area contributed by atoms with Crippen molar-refractivity contribution in [3.8, 4) is 45.5 Å². The molecule has 10 rings (SSSR count). The minimum absolute atomic E-state index is 0.555. The summed E-state index contributed by atoms with van der Waals surface area (Å²) in [5.41, 5.74) is 9.04. The van der Waals surface area contributed by atoms with E-state index in [1.165, 1.54) is 0 Å². The zero-order valence-corrected chi connectivity index (χ0v) is 26.8. The van der Waals surface area contributed by atoms with E-state index in [0.29, 0.717) is 17.6 Å². The van der Waals surface area contributed by atoms with Gasteiger partial charge >= 0.3 is 0 Å². The second kappa shape index (κ2) is 11.4. The van der Waals surface area contributed by atoms with Gasteiger partial charge in [-0.3, -0.25) is 9.13 Å². The van der Waals surface area contributed by atoms with Crippen LogP contribution in [0.2, 0.25) is 0 Å². The molecule has 0 amide bonds. The van der Waals surface area contributed by atoms with Gasteiger partial charge < -0.3 is 0 Å². The summed E-state index contributed by atoms with van der Waals surface area (Å²) < 4.78 is 4.50. The molecule has 0 aliphatic carbocycles. The average Bonchev–Trinajstić information content (AvgIpc) is 3.72. The Balaban J connectivity index is 1.37. The Morgan fingerprint density at radius 3 is 1.54 bits per heavy atom. The lowest BCUT2D eigenvalue weighted by atomic mass is 10.0. The maximum Gasteiger partial charge on any atom is 0.238 e. The predicted molar refractivity (Wildman–Crippen MR) is 203 cm³/mol. The van der Waals surface area contributed by atoms with Gasteiger partial charge in [0.25, 0.3) is 0 Å². The molecule has 0 unspecified atom stereocenters. The number of benzene rings is 6. The molecule has 6 heteroatoms. The lowest BCUT2D eigenvalue weighted by molar-refractivity contribution is 0.953. The molecule has 0 atom stereocenters. The SMILES string of the molecule is c1ccc(-c2cnc3c(c2)c2ccc4c5ccccc5n(-c5nc(-c6ccccc6)nc(-c6ccccc6)n5)c4c2n3-c2ccccc2)cc1. The van der Waals surface area contributed by atoms with Gasteiger partial charge in [-0.15, -0.1) is 0 Å². The summed E-state index contributed by atoms with van der Waals surface area (Å²) in [6.45, 7) is 0. The van der Waals surface area contributed by atoms with Crippen LogP contribution in [0.5, 0.6) is 0 Å². The molecule has 0 saturated carbocycles. The quantitative estimate of drug-likeness (QED) is 0.188. The number of fused-ring (bicyclic) bond motifs is 7. The molecule has 234 valence electrons. The molecule has 0 bridgehead atoms. The number of hydrogen-bond acceptors (Lipinski definition) is 4. The second-order valence-corrected chi connectivity index (χ2v) is 12.4. The Kier molecular flexibility index (Phi) is 6.39. The van der Waals surface area contributed by atoms with Crippen molar-refractivity contribution in [2.75, 3.05) is 0 Å². The van der Waals surface area contributed by atoms with Crippen molar-refractivity contribution < 1.29 is 0 Å². The lowest BCUT2D eigenvalue weighted by Gasteiger charge is -2.13. The van der Waals surface area contributed by atoms with Gasteiger partial charge in [0.15, 0.2) is 11.6 Å². The molecule has 0 N–H and O–H groups in total. The van der Waals surface area contributed by atoms with E-state index in [1.54, 1.807) is 0 Å². The first kappa shape index (κ1) is 28.1. The van der Waals surface area contributed by atoms with E-state index in [4.69, 9.17) is 19.9 Å². The van der Waals surface area contributed by atoms with Crippen LogP contribution in [0, 0.1) is 0 Å². The third-order valence-corrected chi connectivity index (χ3v) is 9.41. The van der Waals surface area contributed by atoms with Gasteiger partial charge in [0, 0.05) is 50.1 Å². The zero-order valence-electron chi connectivity index (χ0n) is 26.8. The van der Waals surface area contributed by atoms with Crippen molar-refractivity contribution in [1.29, 1.82) is 0 Å². The molecular weight excluding hydrogens is 613 g/mol. The first-order valence-electron chi connectivity index (χ1n) is 16.7. The number of nitrogens with zero attached hydrogens (tertiary/aromatic N) is 6. The van der Waals surface area contributed by atoms with Crippen LogP contribution < -0.4 is 0 Å². The number of aromatic nitrogens is 6. The molecule has 0 saturated heterocycles. The van der Waals surface area contributed by atoms with E-state index in [0.717, 1.165) is 71.7 Å². The minimum atomic E-state index is 0.555. The number of para-hydroxylation sites is 2. The molecule has 0 fully saturated rings. The fourth-order valence-electron chi connectivity index (χ4n) is 7.15. The summed E-state index contributed by atoms with van der Waals surface area (Å²) in [4.78, 5) is 20.6. The average molecular weight is 641 g/mol. The highest BCUT2D eigenvalue weighted by molar-refractivity contribution is 6.23. The highest BCUT2D eigenvalue weighted by Gasteiger charge is 2.24. The van der Waals surface area contributed by atoms with Gasteiger partial charge in [0.05, 0.1) is 16.6 Å². The number of pyridine rings is 1. The summed E-state index contributed by atoms with van der Waals surface area (Å²) in [6.07, 6.45) is 1.98. The van der Waals surface area contributed by atoms with Crippen LogP contribution in [0.25, 0.3) is 89.3 Å². The van der Waals surface area contributed by atoms with Gasteiger partial charge in [0.1, 0.15) is 5.65 Å². The molecule has 10 aromatic rings. The van der Waals surface area contributed by atoms with E-state index in [2.05, 4.69) is 100 Å². The summed E-state index contributed by atoms with van der Waals surface area (Å²) >= 11 is 0. The zero-order chi connectivity index (χ0) is 33.0. The monoisotopic (exact) mass is 640 g/mol. The smallest absolute Gasteiger partial charge is 0.238 e. The van der Waals surface area contributed by atoms with Crippen LogP contribution in [-0.4, -0.2) is 29.1 Å². The molecular formula is C44H28N6. The Labute approximate surface area is 287 Å². The third-order valence-electron chi connectivity index (χ3n) is 9.41. The Hall–Kier alpha value is -6.92. The highest BCUT2D eigenvalue weighted by atomic mass is 15.2. The van der Waals surface area contributed by atoms with Crippen molar-refractivity contribution in [3.63, 3.8) is 0 Å². The largest absolute Gasteiger partial charge is 0.292 e. The van der Waals surface area contributed by atoms with Crippen LogP contribution in [0.15, 0.2) is 170 Å². The van der Waals surface area contributed by atoms with Crippen LogP contribution in [-0.2, 0) is 0 Å². The Morgan fingerprint density at radius 2 is 0.900 bits per heavy atom. The van der Waals surface area contributed by atoms with Crippen LogP contribution in [0.3, 0.4) is 0 Å². The van der Waals surface area contributed by atoms with Crippen LogP contribution in [0.4, 0.5) is 0 Å². The van der Waals surface area contributed by atoms with Gasteiger partial charge in [0.2, 0.25) is 5.95 Å². The summed E-state index contributed by atoms with van der Waals surface area (Å²) in [5.74, 6) is 1.79. The molecule has 0 radical (unpaired) electrons. The van der Waals surface area contributed by atoms with Crippen molar-refractivity contribution in [3.05, 3.63) is 170 Å². The highest BCUT2D eigenvalue weighted by Crippen LogP contribution is 2.42. The molecule has 0 aliphatic rings.